The van der Waals surface area contributed by atoms with E-state index in [2.05, 4.69) is 5.10 Å². The number of hydrogen-bond donors (Lipinski definition) is 0. The predicted octanol–water partition coefficient (Wildman–Crippen LogP) is 3.17. The highest BCUT2D eigenvalue weighted by molar-refractivity contribution is 7.89. The molecule has 1 heterocycles. The minimum Gasteiger partial charge on any atom is -0.270 e. The molecule has 1 aromatic carbocycles. The van der Waals surface area contributed by atoms with Crippen LogP contribution in [0, 0.1) is 18.6 Å². The molecule has 0 N–H and O–H groups in total. The fourth-order valence-electron chi connectivity index (χ4n) is 2.10. The van der Waals surface area contributed by atoms with Crippen molar-refractivity contribution < 1.29 is 17.2 Å². The number of hydrogen-bond acceptors (Lipinski definition) is 3. The van der Waals surface area contributed by atoms with Crippen molar-refractivity contribution in [3.8, 4) is 0 Å². The monoisotopic (exact) mass is 328 g/mol. The molecule has 0 aliphatic rings. The maximum Gasteiger partial charge on any atom is 0.158 e. The van der Waals surface area contributed by atoms with Crippen LogP contribution >= 0.6 is 0 Å². The van der Waals surface area contributed by atoms with Crippen LogP contribution in [-0.2, 0) is 21.3 Å². The maximum absolute atomic E-state index is 13.6. The Morgan fingerprint density at radius 1 is 1.18 bits per heavy atom. The molecular formula is C15H18F2N2O2S. The quantitative estimate of drug-likeness (QED) is 0.847. The van der Waals surface area contributed by atoms with Crippen molar-refractivity contribution in [2.45, 2.75) is 38.3 Å². The van der Waals surface area contributed by atoms with Crippen molar-refractivity contribution in [2.75, 3.05) is 0 Å². The molecule has 0 amide bonds. The van der Waals surface area contributed by atoms with E-state index in [1.807, 2.05) is 13.8 Å². The Kier molecular flexibility index (Phi) is 4.65. The van der Waals surface area contributed by atoms with Gasteiger partial charge in [0.25, 0.3) is 0 Å². The van der Waals surface area contributed by atoms with Crippen LogP contribution in [0.25, 0.3) is 0 Å². The Morgan fingerprint density at radius 3 is 2.27 bits per heavy atom. The van der Waals surface area contributed by atoms with E-state index < -0.39 is 32.8 Å². The maximum atomic E-state index is 13.6. The first kappa shape index (κ1) is 16.6. The number of halogens is 2. The number of sulfone groups is 1. The number of benzene rings is 1. The van der Waals surface area contributed by atoms with Crippen molar-refractivity contribution in [1.29, 1.82) is 0 Å². The fourth-order valence-corrected chi connectivity index (χ4v) is 3.68. The Labute approximate surface area is 128 Å². The van der Waals surface area contributed by atoms with E-state index in [1.54, 1.807) is 17.8 Å². The lowest BCUT2D eigenvalue weighted by molar-refractivity contribution is 0.529. The van der Waals surface area contributed by atoms with Gasteiger partial charge in [-0.15, -0.1) is 0 Å². The van der Waals surface area contributed by atoms with Crippen LogP contribution in [-0.4, -0.2) is 18.2 Å². The van der Waals surface area contributed by atoms with Gasteiger partial charge in [0.2, 0.25) is 0 Å². The molecule has 0 atom stereocenters. The van der Waals surface area contributed by atoms with Gasteiger partial charge in [-0.25, -0.2) is 17.2 Å². The summed E-state index contributed by atoms with van der Waals surface area (Å²) in [6.45, 7) is 5.58. The van der Waals surface area contributed by atoms with Gasteiger partial charge in [0.05, 0.1) is 17.2 Å². The van der Waals surface area contributed by atoms with Crippen molar-refractivity contribution in [1.82, 2.24) is 9.78 Å². The molecule has 4 nitrogen and oxygen atoms in total. The van der Waals surface area contributed by atoms with Crippen molar-refractivity contribution >= 4 is 9.84 Å². The molecule has 0 fully saturated rings. The Bertz CT molecular complexity index is 763. The molecule has 7 heteroatoms. The van der Waals surface area contributed by atoms with Gasteiger partial charge in [-0.05, 0) is 32.9 Å². The zero-order valence-electron chi connectivity index (χ0n) is 12.7. The Hall–Kier alpha value is -1.76. The minimum absolute atomic E-state index is 0.110. The van der Waals surface area contributed by atoms with Gasteiger partial charge in [0.15, 0.2) is 9.84 Å². The summed E-state index contributed by atoms with van der Waals surface area (Å²) in [6, 6.07) is 3.42. The first-order valence-electron chi connectivity index (χ1n) is 6.87. The van der Waals surface area contributed by atoms with Crippen LogP contribution in [0.4, 0.5) is 8.78 Å². The third-order valence-corrected chi connectivity index (χ3v) is 4.83. The summed E-state index contributed by atoms with van der Waals surface area (Å²) in [5, 5.41) is 4.24. The number of aromatic nitrogens is 2. The van der Waals surface area contributed by atoms with E-state index in [0.29, 0.717) is 11.3 Å². The lowest BCUT2D eigenvalue weighted by atomic mass is 10.2. The third kappa shape index (κ3) is 3.71. The summed E-state index contributed by atoms with van der Waals surface area (Å²) in [7, 11) is -3.70. The lowest BCUT2D eigenvalue weighted by Crippen LogP contribution is -2.10. The van der Waals surface area contributed by atoms with Gasteiger partial charge in [0, 0.05) is 23.4 Å². The molecular weight excluding hydrogens is 310 g/mol. The van der Waals surface area contributed by atoms with E-state index >= 15 is 0 Å². The fraction of sp³-hybridized carbons (Fsp3) is 0.400. The molecule has 0 aliphatic heterocycles. The topological polar surface area (TPSA) is 52.0 Å². The molecule has 2 aromatic rings. The molecule has 0 saturated heterocycles. The first-order chi connectivity index (χ1) is 10.2. The Balaban J connectivity index is 2.25. The molecule has 0 saturated carbocycles. The second kappa shape index (κ2) is 6.16. The molecule has 120 valence electrons. The lowest BCUT2D eigenvalue weighted by Gasteiger charge is -2.06. The molecule has 0 spiro atoms. The second-order valence-corrected chi connectivity index (χ2v) is 7.61. The highest BCUT2D eigenvalue weighted by Gasteiger charge is 2.21. The number of rotatable bonds is 5. The highest BCUT2D eigenvalue weighted by atomic mass is 32.2. The minimum atomic E-state index is -3.70. The zero-order valence-corrected chi connectivity index (χ0v) is 13.5. The average molecular weight is 328 g/mol. The molecule has 0 aliphatic carbocycles. The summed E-state index contributed by atoms with van der Waals surface area (Å²) in [4.78, 5) is 0. The smallest absolute Gasteiger partial charge is 0.158 e. The number of aryl methyl sites for hydroxylation is 1. The van der Waals surface area contributed by atoms with Crippen LogP contribution in [0.15, 0.2) is 24.4 Å². The van der Waals surface area contributed by atoms with E-state index in [1.165, 1.54) is 6.07 Å². The van der Waals surface area contributed by atoms with Gasteiger partial charge < -0.3 is 0 Å². The van der Waals surface area contributed by atoms with E-state index in [9.17, 15) is 17.2 Å². The largest absolute Gasteiger partial charge is 0.270 e. The molecule has 22 heavy (non-hydrogen) atoms. The van der Waals surface area contributed by atoms with E-state index in [4.69, 9.17) is 0 Å². The third-order valence-electron chi connectivity index (χ3n) is 3.35. The molecule has 0 bridgehead atoms. The van der Waals surface area contributed by atoms with E-state index in [-0.39, 0.29) is 11.8 Å². The van der Waals surface area contributed by atoms with E-state index in [0.717, 1.165) is 12.1 Å². The normalized spacial score (nSPS) is 12.1. The summed E-state index contributed by atoms with van der Waals surface area (Å²) < 4.78 is 53.3. The van der Waals surface area contributed by atoms with Crippen molar-refractivity contribution in [3.05, 3.63) is 52.9 Å². The number of nitrogens with zero attached hydrogens (tertiary/aromatic N) is 2. The molecule has 0 unspecified atom stereocenters. The van der Waals surface area contributed by atoms with Crippen LogP contribution in [0.5, 0.6) is 0 Å². The van der Waals surface area contributed by atoms with Crippen LogP contribution in [0.3, 0.4) is 0 Å². The van der Waals surface area contributed by atoms with Crippen LogP contribution in [0.1, 0.15) is 36.7 Å². The highest BCUT2D eigenvalue weighted by Crippen LogP contribution is 2.20. The molecule has 1 aromatic heterocycles. The summed E-state index contributed by atoms with van der Waals surface area (Å²) in [5.74, 6) is -2.66. The van der Waals surface area contributed by atoms with Gasteiger partial charge >= 0.3 is 0 Å². The first-order valence-corrected chi connectivity index (χ1v) is 8.69. The van der Waals surface area contributed by atoms with Crippen LogP contribution in [0.2, 0.25) is 0 Å². The average Bonchev–Trinajstić information content (AvgIpc) is 2.75. The van der Waals surface area contributed by atoms with Gasteiger partial charge in [-0.3, -0.25) is 4.68 Å². The summed E-state index contributed by atoms with van der Waals surface area (Å²) in [5.41, 5.74) is 0.730. The standard InChI is InChI=1S/C15H18F2N2O2S/c1-10(2)19-7-12(11(3)18-19)8-22(20,21)9-13-14(16)5-4-6-15(13)17/h4-7,10H,8-9H2,1-3H3. The van der Waals surface area contributed by atoms with Gasteiger partial charge in [-0.1, -0.05) is 6.07 Å². The Morgan fingerprint density at radius 2 is 1.77 bits per heavy atom. The molecule has 2 rings (SSSR count). The van der Waals surface area contributed by atoms with Crippen molar-refractivity contribution in [2.24, 2.45) is 0 Å². The predicted molar refractivity (Wildman–Crippen MR) is 80.0 cm³/mol. The summed E-state index contributed by atoms with van der Waals surface area (Å²) in [6.07, 6.45) is 1.66. The molecule has 0 radical (unpaired) electrons. The summed E-state index contributed by atoms with van der Waals surface area (Å²) >= 11 is 0. The zero-order chi connectivity index (χ0) is 16.5. The van der Waals surface area contributed by atoms with Gasteiger partial charge in [0.1, 0.15) is 11.6 Å². The SMILES string of the molecule is Cc1nn(C(C)C)cc1CS(=O)(=O)Cc1c(F)cccc1F. The van der Waals surface area contributed by atoms with Gasteiger partial charge in [-0.2, -0.15) is 5.10 Å². The van der Waals surface area contributed by atoms with Crippen molar-refractivity contribution in [3.63, 3.8) is 0 Å². The van der Waals surface area contributed by atoms with Crippen LogP contribution < -0.4 is 0 Å². The second-order valence-electron chi connectivity index (χ2n) is 5.55.